The smallest absolute Gasteiger partial charge is 0.407 e. The lowest BCUT2D eigenvalue weighted by molar-refractivity contribution is 0.0513. The minimum atomic E-state index is -0.592. The van der Waals surface area contributed by atoms with Gasteiger partial charge in [0.2, 0.25) is 0 Å². The number of ether oxygens (including phenoxy) is 7. The number of benzene rings is 2. The maximum absolute atomic E-state index is 11.8. The molecule has 2 amide bonds. The predicted molar refractivity (Wildman–Crippen MR) is 260 cm³/mol. The molecule has 0 atom stereocenters. The van der Waals surface area contributed by atoms with Crippen molar-refractivity contribution in [2.24, 2.45) is 0 Å². The van der Waals surface area contributed by atoms with Gasteiger partial charge in [-0.15, -0.1) is 0 Å². The standard InChI is InChI=1S/C25H30N2O5.C24H28N2O6.C4H8O/c1-6-20-16-19(17-22(27-20)23(28)30-5)9-8-18-10-12-21(13-11-18)31-15-7-14-26-24(29)32-25(2,3)4;1-24(2,3)32-23(29)25-12-5-13-31-20-10-8-17(9-11-20)6-7-18-14-19(16-27)26-21(15-18)22(28)30-4;1-2-4-5-3-1/h10-13,16-17H,6-7,14-15H2,1-5H3,(H,26,29);8-11,14-15,27H,5,12-13,16H2,1-4H3,(H,25,29);1-4H2. The number of hydrogen-bond donors (Lipinski definition) is 3. The fraction of sp³-hybridized carbons (Fsp3) is 0.434. The molecule has 0 unspecified atom stereocenters. The fourth-order valence-corrected chi connectivity index (χ4v) is 5.60. The zero-order valence-corrected chi connectivity index (χ0v) is 41.2. The number of amides is 2. The van der Waals surface area contributed by atoms with E-state index in [0.717, 1.165) is 35.8 Å². The van der Waals surface area contributed by atoms with Gasteiger partial charge in [0.05, 0.1) is 39.7 Å². The Kier molecular flexibility index (Phi) is 24.1. The van der Waals surface area contributed by atoms with Gasteiger partial charge < -0.3 is 48.9 Å². The molecule has 4 aromatic rings. The normalized spacial score (nSPS) is 11.5. The molecule has 1 aliphatic heterocycles. The van der Waals surface area contributed by atoms with Crippen molar-refractivity contribution in [3.8, 4) is 35.2 Å². The average Bonchev–Trinajstić information content (AvgIpc) is 3.92. The lowest BCUT2D eigenvalue weighted by Gasteiger charge is -2.19. The number of nitrogens with zero attached hydrogens (tertiary/aromatic N) is 2. The van der Waals surface area contributed by atoms with E-state index in [1.165, 1.54) is 33.1 Å². The average molecular weight is 951 g/mol. The Bertz CT molecular complexity index is 2210. The summed E-state index contributed by atoms with van der Waals surface area (Å²) < 4.78 is 36.1. The second-order valence-corrected chi connectivity index (χ2v) is 17.1. The van der Waals surface area contributed by atoms with Crippen LogP contribution in [0.2, 0.25) is 0 Å². The predicted octanol–water partition coefficient (Wildman–Crippen LogP) is 7.97. The van der Waals surface area contributed by atoms with Crippen molar-refractivity contribution < 1.29 is 57.4 Å². The Balaban J connectivity index is 0.000000330. The molecule has 0 radical (unpaired) electrons. The summed E-state index contributed by atoms with van der Waals surface area (Å²) in [6.07, 6.45) is 3.67. The molecule has 0 aliphatic carbocycles. The van der Waals surface area contributed by atoms with Gasteiger partial charge in [-0.05, 0) is 146 Å². The van der Waals surface area contributed by atoms with Crippen molar-refractivity contribution in [1.82, 2.24) is 20.6 Å². The van der Waals surface area contributed by atoms with Gasteiger partial charge >= 0.3 is 24.1 Å². The van der Waals surface area contributed by atoms with Crippen molar-refractivity contribution >= 4 is 24.1 Å². The van der Waals surface area contributed by atoms with Gasteiger partial charge in [-0.3, -0.25) is 0 Å². The number of esters is 2. The molecule has 1 saturated heterocycles. The largest absolute Gasteiger partial charge is 0.494 e. The third-order valence-corrected chi connectivity index (χ3v) is 8.82. The van der Waals surface area contributed by atoms with Crippen LogP contribution in [0.5, 0.6) is 11.5 Å². The summed E-state index contributed by atoms with van der Waals surface area (Å²) in [5.74, 6) is 12.5. The highest BCUT2D eigenvalue weighted by Crippen LogP contribution is 2.15. The van der Waals surface area contributed by atoms with E-state index < -0.39 is 35.3 Å². The fourth-order valence-electron chi connectivity index (χ4n) is 5.60. The number of pyridine rings is 2. The molecule has 3 heterocycles. The molecule has 16 nitrogen and oxygen atoms in total. The first kappa shape index (κ1) is 56.2. The van der Waals surface area contributed by atoms with Crippen molar-refractivity contribution in [2.45, 2.75) is 98.4 Å². The first-order valence-corrected chi connectivity index (χ1v) is 22.7. The van der Waals surface area contributed by atoms with Crippen LogP contribution in [0, 0.1) is 23.7 Å². The van der Waals surface area contributed by atoms with Gasteiger partial charge in [-0.2, -0.15) is 0 Å². The second-order valence-electron chi connectivity index (χ2n) is 17.1. The van der Waals surface area contributed by atoms with Crippen molar-refractivity contribution in [3.05, 3.63) is 118 Å². The molecule has 3 N–H and O–H groups in total. The van der Waals surface area contributed by atoms with E-state index >= 15 is 0 Å². The second kappa shape index (κ2) is 29.6. The highest BCUT2D eigenvalue weighted by Gasteiger charge is 2.17. The van der Waals surface area contributed by atoms with E-state index in [1.54, 1.807) is 24.3 Å². The summed E-state index contributed by atoms with van der Waals surface area (Å²) in [5, 5.41) is 14.7. The molecule has 0 saturated carbocycles. The van der Waals surface area contributed by atoms with Crippen LogP contribution in [0.1, 0.15) is 129 Å². The maximum Gasteiger partial charge on any atom is 0.407 e. The first-order chi connectivity index (χ1) is 32.9. The van der Waals surface area contributed by atoms with Crippen LogP contribution < -0.4 is 20.1 Å². The van der Waals surface area contributed by atoms with Crippen molar-refractivity contribution in [3.63, 3.8) is 0 Å². The molecule has 0 bridgehead atoms. The van der Waals surface area contributed by atoms with Crippen molar-refractivity contribution in [2.75, 3.05) is 53.7 Å². The molecule has 5 rings (SSSR count). The monoisotopic (exact) mass is 950 g/mol. The van der Waals surface area contributed by atoms with Crippen LogP contribution in [0.4, 0.5) is 9.59 Å². The molecule has 1 fully saturated rings. The van der Waals surface area contributed by atoms with Crippen LogP contribution in [-0.4, -0.2) is 104 Å². The van der Waals surface area contributed by atoms with Crippen LogP contribution in [0.3, 0.4) is 0 Å². The Hall–Kier alpha value is -7.14. The Labute approximate surface area is 406 Å². The molecular weight excluding hydrogens is 885 g/mol. The number of aliphatic hydroxyl groups is 1. The van der Waals surface area contributed by atoms with E-state index in [-0.39, 0.29) is 18.0 Å². The van der Waals surface area contributed by atoms with Crippen LogP contribution in [0.15, 0.2) is 72.8 Å². The number of alkyl carbamates (subject to hydrolysis) is 2. The molecular formula is C53H66N4O12. The van der Waals surface area contributed by atoms with Gasteiger partial charge in [0.25, 0.3) is 0 Å². The molecule has 370 valence electrons. The summed E-state index contributed by atoms with van der Waals surface area (Å²) in [7, 11) is 2.59. The molecule has 0 spiro atoms. The maximum atomic E-state index is 11.8. The molecule has 2 aromatic carbocycles. The van der Waals surface area contributed by atoms with Gasteiger partial charge in [0, 0.05) is 54.3 Å². The minimum Gasteiger partial charge on any atom is -0.494 e. The number of methoxy groups -OCH3 is 2. The van der Waals surface area contributed by atoms with E-state index in [2.05, 4.69) is 49.0 Å². The number of carbonyl (C=O) groups excluding carboxylic acids is 4. The Morgan fingerprint density at radius 3 is 1.35 bits per heavy atom. The lowest BCUT2D eigenvalue weighted by Crippen LogP contribution is -2.33. The number of aromatic nitrogens is 2. The van der Waals surface area contributed by atoms with Gasteiger partial charge in [0.15, 0.2) is 0 Å². The number of aryl methyl sites for hydroxylation is 1. The number of aliphatic hydroxyl groups excluding tert-OH is 1. The summed E-state index contributed by atoms with van der Waals surface area (Å²) in [6, 6.07) is 21.3. The minimum absolute atomic E-state index is 0.0910. The highest BCUT2D eigenvalue weighted by atomic mass is 16.6. The third kappa shape index (κ3) is 23.9. The molecule has 16 heteroatoms. The number of carbonyl (C=O) groups is 4. The zero-order chi connectivity index (χ0) is 50.7. The van der Waals surface area contributed by atoms with E-state index in [1.807, 2.05) is 90.9 Å². The van der Waals surface area contributed by atoms with Crippen LogP contribution in [0.25, 0.3) is 0 Å². The Morgan fingerprint density at radius 2 is 1.00 bits per heavy atom. The molecule has 69 heavy (non-hydrogen) atoms. The molecule has 2 aromatic heterocycles. The van der Waals surface area contributed by atoms with E-state index in [0.29, 0.717) is 68.1 Å². The summed E-state index contributed by atoms with van der Waals surface area (Å²) in [5.41, 5.74) is 3.25. The van der Waals surface area contributed by atoms with Gasteiger partial charge in [-0.1, -0.05) is 30.6 Å². The summed E-state index contributed by atoms with van der Waals surface area (Å²) >= 11 is 0. The zero-order valence-electron chi connectivity index (χ0n) is 41.2. The van der Waals surface area contributed by atoms with Crippen molar-refractivity contribution in [1.29, 1.82) is 0 Å². The quantitative estimate of drug-likeness (QED) is 0.0475. The number of nitrogens with one attached hydrogen (secondary N) is 2. The lowest BCUT2D eigenvalue weighted by atomic mass is 10.1. The van der Waals surface area contributed by atoms with E-state index in [9.17, 15) is 24.3 Å². The highest BCUT2D eigenvalue weighted by molar-refractivity contribution is 5.88. The number of rotatable bonds is 14. The first-order valence-electron chi connectivity index (χ1n) is 22.7. The topological polar surface area (TPSA) is 203 Å². The Morgan fingerprint density at radius 1 is 0.609 bits per heavy atom. The van der Waals surface area contributed by atoms with Gasteiger partial charge in [-0.25, -0.2) is 29.1 Å². The summed E-state index contributed by atoms with van der Waals surface area (Å²) in [4.78, 5) is 54.9. The van der Waals surface area contributed by atoms with Crippen LogP contribution in [-0.2, 0) is 36.7 Å². The third-order valence-electron chi connectivity index (χ3n) is 8.82. The van der Waals surface area contributed by atoms with Crippen LogP contribution >= 0.6 is 0 Å². The molecule has 1 aliphatic rings. The number of hydrogen-bond acceptors (Lipinski definition) is 14. The summed E-state index contributed by atoms with van der Waals surface area (Å²) in [6.45, 7) is 16.4. The van der Waals surface area contributed by atoms with E-state index in [4.69, 9.17) is 28.4 Å². The van der Waals surface area contributed by atoms with Gasteiger partial charge in [0.1, 0.15) is 34.1 Å². The SMILES string of the molecule is C1CCOC1.CCc1cc(C#Cc2ccc(OCCCNC(=O)OC(C)(C)C)cc2)cc(C(=O)OC)n1.COC(=O)c1cc(C#Cc2ccc(OCCCNC(=O)OC(C)(C)C)cc2)cc(CO)n1.